The molecule has 0 aromatic heterocycles. The molecule has 0 unspecified atom stereocenters. The summed E-state index contributed by atoms with van der Waals surface area (Å²) in [5, 5.41) is 0. The fourth-order valence-corrected chi connectivity index (χ4v) is 3.07. The van der Waals surface area contributed by atoms with E-state index >= 15 is 0 Å². The van der Waals surface area contributed by atoms with Gasteiger partial charge in [-0.3, -0.25) is 0 Å². The average molecular weight is 368 g/mol. The SMILES string of the molecule is CCc1ccc(OCc2ccccc2B2OC(C)(C)C(C)(C)O2)c(OC)c1. The quantitative estimate of drug-likeness (QED) is 0.719. The molecule has 0 amide bonds. The van der Waals surface area contributed by atoms with Gasteiger partial charge in [-0.1, -0.05) is 37.3 Å². The molecular weight excluding hydrogens is 339 g/mol. The van der Waals surface area contributed by atoms with Gasteiger partial charge in [0.15, 0.2) is 11.5 Å². The van der Waals surface area contributed by atoms with E-state index in [4.69, 9.17) is 18.8 Å². The summed E-state index contributed by atoms with van der Waals surface area (Å²) in [5.41, 5.74) is 2.52. The number of methoxy groups -OCH3 is 1. The number of benzene rings is 2. The van der Waals surface area contributed by atoms with Gasteiger partial charge in [-0.05, 0) is 62.8 Å². The number of rotatable bonds is 6. The highest BCUT2D eigenvalue weighted by molar-refractivity contribution is 6.62. The second-order valence-corrected chi connectivity index (χ2v) is 7.91. The summed E-state index contributed by atoms with van der Waals surface area (Å²) in [6.45, 7) is 10.8. The van der Waals surface area contributed by atoms with Crippen molar-refractivity contribution in [1.29, 1.82) is 0 Å². The first-order valence-corrected chi connectivity index (χ1v) is 9.50. The molecule has 1 fully saturated rings. The van der Waals surface area contributed by atoms with Crippen LogP contribution in [0.25, 0.3) is 0 Å². The van der Waals surface area contributed by atoms with Gasteiger partial charge in [-0.25, -0.2) is 0 Å². The van der Waals surface area contributed by atoms with Crippen LogP contribution in [0.15, 0.2) is 42.5 Å². The fraction of sp³-hybridized carbons (Fsp3) is 0.455. The van der Waals surface area contributed by atoms with Crippen LogP contribution in [0, 0.1) is 0 Å². The molecule has 0 radical (unpaired) electrons. The van der Waals surface area contributed by atoms with E-state index < -0.39 is 7.12 Å². The molecule has 1 heterocycles. The lowest BCUT2D eigenvalue weighted by Crippen LogP contribution is -2.41. The molecule has 1 aliphatic heterocycles. The molecule has 0 spiro atoms. The van der Waals surface area contributed by atoms with Crippen molar-refractivity contribution >= 4 is 12.6 Å². The maximum Gasteiger partial charge on any atom is 0.495 e. The van der Waals surface area contributed by atoms with Crippen LogP contribution >= 0.6 is 0 Å². The van der Waals surface area contributed by atoms with Gasteiger partial charge in [0.1, 0.15) is 6.61 Å². The third-order valence-corrected chi connectivity index (χ3v) is 5.58. The van der Waals surface area contributed by atoms with Gasteiger partial charge in [0.05, 0.1) is 18.3 Å². The Morgan fingerprint density at radius 1 is 0.926 bits per heavy atom. The highest BCUT2D eigenvalue weighted by Crippen LogP contribution is 2.37. The molecule has 27 heavy (non-hydrogen) atoms. The molecule has 0 saturated carbocycles. The van der Waals surface area contributed by atoms with Crippen LogP contribution in [-0.2, 0) is 22.3 Å². The van der Waals surface area contributed by atoms with E-state index in [-0.39, 0.29) is 11.2 Å². The van der Waals surface area contributed by atoms with Gasteiger partial charge in [0.2, 0.25) is 0 Å². The van der Waals surface area contributed by atoms with E-state index in [0.29, 0.717) is 6.61 Å². The third-order valence-electron chi connectivity index (χ3n) is 5.58. The second kappa shape index (κ2) is 7.57. The van der Waals surface area contributed by atoms with Gasteiger partial charge in [-0.15, -0.1) is 0 Å². The second-order valence-electron chi connectivity index (χ2n) is 7.91. The normalized spacial score (nSPS) is 17.8. The minimum absolute atomic E-state index is 0.370. The van der Waals surface area contributed by atoms with Crippen LogP contribution in [0.3, 0.4) is 0 Å². The molecule has 0 aliphatic carbocycles. The van der Waals surface area contributed by atoms with Crippen molar-refractivity contribution in [2.24, 2.45) is 0 Å². The maximum absolute atomic E-state index is 6.22. The molecule has 3 rings (SSSR count). The van der Waals surface area contributed by atoms with Crippen molar-refractivity contribution in [2.45, 2.75) is 58.8 Å². The average Bonchev–Trinajstić information content (AvgIpc) is 2.87. The lowest BCUT2D eigenvalue weighted by molar-refractivity contribution is 0.00578. The molecule has 0 atom stereocenters. The first-order valence-electron chi connectivity index (χ1n) is 9.50. The predicted octanol–water partition coefficient (Wildman–Crippen LogP) is 4.14. The first-order chi connectivity index (χ1) is 12.8. The Labute approximate surface area is 162 Å². The van der Waals surface area contributed by atoms with Crippen LogP contribution in [0.4, 0.5) is 0 Å². The third kappa shape index (κ3) is 3.99. The van der Waals surface area contributed by atoms with Crippen LogP contribution in [-0.4, -0.2) is 25.4 Å². The first kappa shape index (κ1) is 19.8. The minimum Gasteiger partial charge on any atom is -0.493 e. The Hall–Kier alpha value is -1.98. The van der Waals surface area contributed by atoms with E-state index in [0.717, 1.165) is 28.9 Å². The topological polar surface area (TPSA) is 36.9 Å². The molecule has 1 saturated heterocycles. The highest BCUT2D eigenvalue weighted by Gasteiger charge is 2.52. The summed E-state index contributed by atoms with van der Waals surface area (Å²) < 4.78 is 24.0. The van der Waals surface area contributed by atoms with Crippen molar-refractivity contribution in [3.63, 3.8) is 0 Å². The van der Waals surface area contributed by atoms with E-state index in [1.54, 1.807) is 7.11 Å². The van der Waals surface area contributed by atoms with Crippen molar-refractivity contribution in [1.82, 2.24) is 0 Å². The van der Waals surface area contributed by atoms with Crippen molar-refractivity contribution in [3.8, 4) is 11.5 Å². The van der Waals surface area contributed by atoms with Gasteiger partial charge in [0, 0.05) is 0 Å². The lowest BCUT2D eigenvalue weighted by atomic mass is 9.76. The van der Waals surface area contributed by atoms with Gasteiger partial charge in [-0.2, -0.15) is 0 Å². The molecule has 144 valence electrons. The van der Waals surface area contributed by atoms with E-state index in [1.165, 1.54) is 5.56 Å². The zero-order chi connectivity index (χ0) is 19.7. The summed E-state index contributed by atoms with van der Waals surface area (Å²) >= 11 is 0. The minimum atomic E-state index is -0.404. The Morgan fingerprint density at radius 3 is 2.22 bits per heavy atom. The molecule has 4 nitrogen and oxygen atoms in total. The standard InChI is InChI=1S/C22H29BO4/c1-7-16-12-13-19(20(14-16)24-6)25-15-17-10-8-9-11-18(17)23-26-21(2,3)22(4,5)27-23/h8-14H,7,15H2,1-6H3. The Bertz CT molecular complexity index is 785. The van der Waals surface area contributed by atoms with Crippen molar-refractivity contribution < 1.29 is 18.8 Å². The molecule has 1 aliphatic rings. The molecule has 0 N–H and O–H groups in total. The zero-order valence-electron chi connectivity index (χ0n) is 17.2. The maximum atomic E-state index is 6.22. The Morgan fingerprint density at radius 2 is 1.59 bits per heavy atom. The number of aryl methyl sites for hydroxylation is 1. The van der Waals surface area contributed by atoms with Crippen LogP contribution in [0.1, 0.15) is 45.7 Å². The molecule has 2 aromatic carbocycles. The van der Waals surface area contributed by atoms with E-state index in [2.05, 4.69) is 40.7 Å². The van der Waals surface area contributed by atoms with Crippen molar-refractivity contribution in [3.05, 3.63) is 53.6 Å². The van der Waals surface area contributed by atoms with E-state index in [9.17, 15) is 0 Å². The van der Waals surface area contributed by atoms with Crippen LogP contribution in [0.2, 0.25) is 0 Å². The lowest BCUT2D eigenvalue weighted by Gasteiger charge is -2.32. The summed E-state index contributed by atoms with van der Waals surface area (Å²) in [4.78, 5) is 0. The zero-order valence-corrected chi connectivity index (χ0v) is 17.2. The summed E-state index contributed by atoms with van der Waals surface area (Å²) in [6.07, 6.45) is 0.960. The Balaban J connectivity index is 1.80. The molecule has 0 bridgehead atoms. The molecule has 5 heteroatoms. The number of hydrogen-bond acceptors (Lipinski definition) is 4. The number of hydrogen-bond donors (Lipinski definition) is 0. The molecule has 2 aromatic rings. The summed E-state index contributed by atoms with van der Waals surface area (Å²) in [7, 11) is 1.26. The molecular formula is C22H29BO4. The van der Waals surface area contributed by atoms with Crippen LogP contribution in [0.5, 0.6) is 11.5 Å². The Kier molecular flexibility index (Phi) is 5.54. The monoisotopic (exact) mass is 368 g/mol. The highest BCUT2D eigenvalue weighted by atomic mass is 16.7. The van der Waals surface area contributed by atoms with Crippen molar-refractivity contribution in [2.75, 3.05) is 7.11 Å². The number of ether oxygens (including phenoxy) is 2. The summed E-state index contributed by atoms with van der Waals surface area (Å²) in [6, 6.07) is 14.2. The smallest absolute Gasteiger partial charge is 0.493 e. The summed E-state index contributed by atoms with van der Waals surface area (Å²) in [5.74, 6) is 1.49. The van der Waals surface area contributed by atoms with Gasteiger partial charge < -0.3 is 18.8 Å². The van der Waals surface area contributed by atoms with Gasteiger partial charge in [0.25, 0.3) is 0 Å². The van der Waals surface area contributed by atoms with Gasteiger partial charge >= 0.3 is 7.12 Å². The van der Waals surface area contributed by atoms with Crippen LogP contribution < -0.4 is 14.9 Å². The largest absolute Gasteiger partial charge is 0.495 e. The van der Waals surface area contributed by atoms with E-state index in [1.807, 2.05) is 36.4 Å². The fourth-order valence-electron chi connectivity index (χ4n) is 3.07. The predicted molar refractivity (Wildman–Crippen MR) is 109 cm³/mol.